The number of amidine groups is 1. The number of aromatic nitrogens is 1. The summed E-state index contributed by atoms with van der Waals surface area (Å²) in [6.45, 7) is 20.6. The number of aryl methyl sites for hydroxylation is 2. The van der Waals surface area contributed by atoms with Crippen LogP contribution in [0.5, 0.6) is 0 Å². The average molecular weight is 1090 g/mol. The summed E-state index contributed by atoms with van der Waals surface area (Å²) in [5, 5.41) is 2.14. The maximum absolute atomic E-state index is 5.26. The molecule has 84 heavy (non-hydrogen) atoms. The predicted molar refractivity (Wildman–Crippen MR) is 357 cm³/mol. The zero-order chi connectivity index (χ0) is 58.1. The lowest BCUT2D eigenvalue weighted by atomic mass is 9.82. The zero-order valence-corrected chi connectivity index (χ0v) is 49.4. The first-order valence-electron chi connectivity index (χ1n) is 29.4. The minimum absolute atomic E-state index is 0.338. The Balaban J connectivity index is 1.01. The molecule has 0 bridgehead atoms. The Kier molecular flexibility index (Phi) is 17.0. The van der Waals surface area contributed by atoms with Crippen molar-refractivity contribution in [1.29, 1.82) is 0 Å². The number of pyridine rings is 1. The van der Waals surface area contributed by atoms with E-state index in [2.05, 4.69) is 283 Å². The van der Waals surface area contributed by atoms with Crippen LogP contribution in [-0.4, -0.2) is 17.4 Å². The molecular weight excluding hydrogens is 1010 g/mol. The van der Waals surface area contributed by atoms with Crippen LogP contribution < -0.4 is 15.3 Å². The van der Waals surface area contributed by atoms with E-state index in [4.69, 9.17) is 9.98 Å². The second-order valence-electron chi connectivity index (χ2n) is 22.3. The van der Waals surface area contributed by atoms with Crippen molar-refractivity contribution in [2.45, 2.75) is 60.8 Å². The molecule has 0 saturated carbocycles. The van der Waals surface area contributed by atoms with Crippen molar-refractivity contribution >= 4 is 45.1 Å². The summed E-state index contributed by atoms with van der Waals surface area (Å²) in [6.07, 6.45) is 24.7. The molecule has 3 unspecified atom stereocenters. The summed E-state index contributed by atoms with van der Waals surface area (Å²) < 4.78 is 0. The van der Waals surface area contributed by atoms with Gasteiger partial charge in [0, 0.05) is 56.3 Å². The fourth-order valence-electron chi connectivity index (χ4n) is 11.7. The van der Waals surface area contributed by atoms with Crippen LogP contribution in [0.25, 0.3) is 44.7 Å². The Morgan fingerprint density at radius 2 is 1.36 bits per heavy atom. The lowest BCUT2D eigenvalue weighted by Crippen LogP contribution is -2.30. The molecule has 0 spiro atoms. The third-order valence-corrected chi connectivity index (χ3v) is 16.6. The van der Waals surface area contributed by atoms with Crippen molar-refractivity contribution in [3.05, 3.63) is 350 Å². The molecule has 2 aliphatic carbocycles. The topological polar surface area (TPSA) is 28.5 Å². The van der Waals surface area contributed by atoms with Gasteiger partial charge in [-0.1, -0.05) is 222 Å². The van der Waals surface area contributed by atoms with Crippen LogP contribution in [0.2, 0.25) is 0 Å². The van der Waals surface area contributed by atoms with Gasteiger partial charge in [-0.3, -0.25) is 14.9 Å². The molecule has 0 saturated heterocycles. The van der Waals surface area contributed by atoms with Gasteiger partial charge in [-0.05, 0) is 178 Å². The van der Waals surface area contributed by atoms with Gasteiger partial charge in [0.25, 0.3) is 0 Å². The van der Waals surface area contributed by atoms with E-state index in [0.29, 0.717) is 24.3 Å². The summed E-state index contributed by atoms with van der Waals surface area (Å²) >= 11 is 0. The van der Waals surface area contributed by atoms with Gasteiger partial charge < -0.3 is 0 Å². The molecule has 1 aromatic heterocycles. The molecule has 2 heterocycles. The summed E-state index contributed by atoms with van der Waals surface area (Å²) in [6, 6.07) is 65.3. The SMILES string of the molecule is C=C1/C=C\C(c2cc(-c3ccc4c(c3)C(c3ccccc3)=c3ccc(C5=C=C/C(c6ccc(C(C)C(C)C(C)=C=C/C=C\C)c(C)c6)=C\C(C)C/C=C/5)cc3=C=C4c3ccccc3)cnc2C)=C/CN=C(c2ccccc2)N1c1ccccc1. The fourth-order valence-corrected chi connectivity index (χ4v) is 11.7. The van der Waals surface area contributed by atoms with Crippen molar-refractivity contribution < 1.29 is 0 Å². The third kappa shape index (κ3) is 12.2. The first-order valence-corrected chi connectivity index (χ1v) is 29.4. The Labute approximate surface area is 497 Å². The largest absolute Gasteiger partial charge is 0.295 e. The predicted octanol–water partition coefficient (Wildman–Crippen LogP) is 18.5. The minimum atomic E-state index is 0.338. The molecule has 0 amide bonds. The quantitative estimate of drug-likeness (QED) is 0.0901. The number of allylic oxidation sites excluding steroid dienone is 11. The van der Waals surface area contributed by atoms with E-state index in [-0.39, 0.29) is 0 Å². The maximum atomic E-state index is 5.26. The van der Waals surface area contributed by atoms with Crippen LogP contribution in [0.3, 0.4) is 0 Å². The number of hydrogen-bond acceptors (Lipinski definition) is 3. The van der Waals surface area contributed by atoms with Crippen LogP contribution >= 0.6 is 0 Å². The highest BCUT2D eigenvalue weighted by Crippen LogP contribution is 2.38. The van der Waals surface area contributed by atoms with Crippen molar-refractivity contribution in [1.82, 2.24) is 4.98 Å². The lowest BCUT2D eigenvalue weighted by Gasteiger charge is -2.27. The fraction of sp³-hybridized carbons (Fsp3) is 0.148. The van der Waals surface area contributed by atoms with Gasteiger partial charge in [0.1, 0.15) is 5.84 Å². The normalized spacial score (nSPS) is 17.8. The average Bonchev–Trinajstić information content (AvgIpc) is 2.18. The second-order valence-corrected chi connectivity index (χ2v) is 22.3. The Morgan fingerprint density at radius 3 is 2.08 bits per heavy atom. The molecule has 8 aromatic rings. The smallest absolute Gasteiger partial charge is 0.140 e. The summed E-state index contributed by atoms with van der Waals surface area (Å²) in [4.78, 5) is 12.5. The van der Waals surface area contributed by atoms with Crippen molar-refractivity contribution in [2.24, 2.45) is 16.8 Å². The number of benzene rings is 7. The van der Waals surface area contributed by atoms with Gasteiger partial charge in [0.15, 0.2) is 0 Å². The van der Waals surface area contributed by atoms with Crippen LogP contribution in [0.4, 0.5) is 5.69 Å². The van der Waals surface area contributed by atoms with E-state index in [1.165, 1.54) is 27.8 Å². The van der Waals surface area contributed by atoms with Crippen molar-refractivity contribution in [3.8, 4) is 11.1 Å². The highest BCUT2D eigenvalue weighted by molar-refractivity contribution is 6.12. The number of nitrogens with zero attached hydrogens (tertiary/aromatic N) is 3. The Morgan fingerprint density at radius 1 is 0.679 bits per heavy atom. The zero-order valence-electron chi connectivity index (χ0n) is 49.4. The van der Waals surface area contributed by atoms with Gasteiger partial charge in [-0.15, -0.1) is 17.2 Å². The Hall–Kier alpha value is -9.84. The molecule has 1 aliphatic heterocycles. The maximum Gasteiger partial charge on any atom is 0.140 e. The first kappa shape index (κ1) is 56.0. The minimum Gasteiger partial charge on any atom is -0.295 e. The van der Waals surface area contributed by atoms with Crippen LogP contribution in [0.1, 0.15) is 108 Å². The lowest BCUT2D eigenvalue weighted by molar-refractivity contribution is 0.559. The summed E-state index contributed by atoms with van der Waals surface area (Å²) in [5.74, 6) is 1.89. The summed E-state index contributed by atoms with van der Waals surface area (Å²) in [5.41, 5.74) is 34.4. The molecule has 7 aromatic carbocycles. The highest BCUT2D eigenvalue weighted by atomic mass is 15.2. The number of fused-ring (bicyclic) bond motifs is 2. The molecule has 11 rings (SSSR count). The molecule has 0 radical (unpaired) electrons. The highest BCUT2D eigenvalue weighted by Gasteiger charge is 2.23. The molecule has 3 atom stereocenters. The molecule has 3 aliphatic rings. The van der Waals surface area contributed by atoms with Crippen molar-refractivity contribution in [2.75, 3.05) is 11.4 Å². The van der Waals surface area contributed by atoms with Crippen LogP contribution in [0, 0.1) is 25.7 Å². The van der Waals surface area contributed by atoms with Crippen molar-refractivity contribution in [3.63, 3.8) is 0 Å². The number of para-hydroxylation sites is 1. The van der Waals surface area contributed by atoms with E-state index in [1.54, 1.807) is 0 Å². The van der Waals surface area contributed by atoms with Gasteiger partial charge >= 0.3 is 0 Å². The van der Waals surface area contributed by atoms with E-state index >= 15 is 0 Å². The molecular formula is C81H71N3. The second kappa shape index (κ2) is 25.5. The number of anilines is 1. The van der Waals surface area contributed by atoms with Gasteiger partial charge in [-0.25, -0.2) is 0 Å². The first-order chi connectivity index (χ1) is 41.0. The van der Waals surface area contributed by atoms with Gasteiger partial charge in [0.05, 0.1) is 6.54 Å². The van der Waals surface area contributed by atoms with Crippen LogP contribution in [0.15, 0.2) is 283 Å². The monoisotopic (exact) mass is 1090 g/mol. The van der Waals surface area contributed by atoms with Crippen LogP contribution in [-0.2, 0) is 0 Å². The van der Waals surface area contributed by atoms with E-state index < -0.39 is 0 Å². The molecule has 3 nitrogen and oxygen atoms in total. The number of rotatable bonds is 12. The standard InChI is InChI=1S/C81H71N3/c1-9-10-15-26-56(3)59(6)60(7)74-43-40-68(49-57(74)4)67-39-38-62(33-24-25-55(2)48-67)69-41-44-75-71(50-69)52-78(63-27-16-11-17-28-63)76-45-42-70(51-79(76)80(75)65-29-18-12-19-30-65)72-53-77(61(8)83-54-72)64-37-36-58(5)84(73-34-22-14-23-35-73)81(82-47-46-64)66-31-20-13-21-32-66/h9-24,27-37,39-46,48-51,53-55,59-60H,5,25,47H2,1-4,6-8H3/b10-9-,33-24+,37-36-,64-46+,67-48+,82-81?. The van der Waals surface area contributed by atoms with E-state index in [1.807, 2.05) is 43.5 Å². The number of hydrogen-bond donors (Lipinski definition) is 0. The van der Waals surface area contributed by atoms with E-state index in [0.717, 1.165) is 112 Å². The molecule has 0 N–H and O–H groups in total. The molecule has 0 fully saturated rings. The third-order valence-electron chi connectivity index (χ3n) is 16.6. The van der Waals surface area contributed by atoms with Gasteiger partial charge in [-0.2, -0.15) is 0 Å². The summed E-state index contributed by atoms with van der Waals surface area (Å²) in [7, 11) is 0. The Bertz CT molecular complexity index is 4330. The van der Waals surface area contributed by atoms with E-state index in [9.17, 15) is 0 Å². The van der Waals surface area contributed by atoms with Gasteiger partial charge in [0.2, 0.25) is 0 Å². The number of aliphatic imine (C=N–C) groups is 1. The molecule has 410 valence electrons. The molecule has 3 heteroatoms.